The molecule has 0 aliphatic carbocycles. The van der Waals surface area contributed by atoms with Crippen LogP contribution in [0.5, 0.6) is 0 Å². The van der Waals surface area contributed by atoms with Crippen LogP contribution in [0.1, 0.15) is 93.4 Å². The van der Waals surface area contributed by atoms with Gasteiger partial charge >= 0.3 is 58.4 Å². The predicted octanol–water partition coefficient (Wildman–Crippen LogP) is -38.1. The van der Waals surface area contributed by atoms with Crippen LogP contribution < -0.4 is 107 Å². The fourth-order valence-corrected chi connectivity index (χ4v) is 1.69. The van der Waals surface area contributed by atoms with E-state index in [1.807, 2.05) is 0 Å². The van der Waals surface area contributed by atoms with Crippen molar-refractivity contribution < 1.29 is 391 Å². The Morgan fingerprint density at radius 1 is 0.171 bits per heavy atom. The van der Waals surface area contributed by atoms with E-state index in [9.17, 15) is 241 Å². The van der Waals surface area contributed by atoms with Crippen molar-refractivity contribution in [1.82, 2.24) is 0 Å². The number of aliphatic hydroxyl groups is 7. The van der Waals surface area contributed by atoms with Gasteiger partial charge in [0.2, 0.25) is 0 Å². The summed E-state index contributed by atoms with van der Waals surface area (Å²) in [5.74, 6) is -41.9. The van der Waals surface area contributed by atoms with Gasteiger partial charge in [-0.05, 0) is 0 Å². The van der Waals surface area contributed by atoms with Crippen molar-refractivity contribution >= 4 is 166 Å². The zero-order chi connectivity index (χ0) is 88.2. The van der Waals surface area contributed by atoms with Gasteiger partial charge in [0.05, 0.1) is 84.5 Å². The Labute approximate surface area is 689 Å². The average Bonchev–Trinajstić information content (AvgIpc) is 1.49. The van der Waals surface area contributed by atoms with Crippen molar-refractivity contribution in [2.45, 2.75) is 136 Å². The van der Waals surface area contributed by atoms with Gasteiger partial charge in [0, 0.05) is 191 Å². The smallest absolute Gasteiger partial charge is 0.550 e. The standard InChI is InChI=1S/7C4H6O5.7C3H4O3.3V.3Zn/c7*5-2(4(8)9)1-3(6)7;7*1-2(4)3(5)6;;;;;;/h7*2,5H,1H2,(H,6,7)(H,8,9);7*1H3,(H,5,6);;;;;;/q;;;;;;;;;;;;;;;;;3*+2/p-21. The molecule has 0 bridgehead atoms. The van der Waals surface area contributed by atoms with Crippen molar-refractivity contribution in [3.05, 3.63) is 0 Å². The molecule has 0 spiro atoms. The molecule has 0 amide bonds. The van der Waals surface area contributed by atoms with E-state index in [1.54, 1.807) is 0 Å². The van der Waals surface area contributed by atoms with E-state index < -0.39 is 254 Å². The molecule has 0 saturated carbocycles. The molecule has 0 saturated heterocycles. The number of aliphatic hydroxyl groups excluding tert-OH is 7. The molecule has 62 heteroatoms. The van der Waals surface area contributed by atoms with Gasteiger partial charge in [-0.1, -0.05) is 0 Å². The Morgan fingerprint density at radius 2 is 0.216 bits per heavy atom. The number of ketones is 7. The Morgan fingerprint density at radius 3 is 0.225 bits per heavy atom. The van der Waals surface area contributed by atoms with Gasteiger partial charge in [-0.25, -0.2) is 0 Å². The van der Waals surface area contributed by atoms with Gasteiger partial charge in [-0.3, -0.25) is 33.6 Å². The molecule has 7 unspecified atom stereocenters. The van der Waals surface area contributed by atoms with Crippen molar-refractivity contribution in [2.24, 2.45) is 0 Å². The number of rotatable bonds is 28. The van der Waals surface area contributed by atoms with Crippen LogP contribution in [0.2, 0.25) is 0 Å². The van der Waals surface area contributed by atoms with Crippen LogP contribution in [0.25, 0.3) is 0 Å². The van der Waals surface area contributed by atoms with Crippen molar-refractivity contribution in [3.8, 4) is 0 Å². The van der Waals surface area contributed by atoms with Crippen LogP contribution in [-0.4, -0.2) is 244 Å². The number of hydrogen-bond acceptors (Lipinski definition) is 56. The summed E-state index contributed by atoms with van der Waals surface area (Å²) in [6, 6.07) is 0. The number of aliphatic carboxylic acids is 21. The Balaban J connectivity index is -0.0000000446. The van der Waals surface area contributed by atoms with Crippen LogP contribution >= 0.6 is 0 Å². The topological polar surface area (TPSA) is 1100 Å². The van der Waals surface area contributed by atoms with E-state index in [1.165, 1.54) is 0 Å². The fourth-order valence-electron chi connectivity index (χ4n) is 1.69. The van der Waals surface area contributed by atoms with E-state index in [2.05, 4.69) is 0 Å². The molecule has 7 N–H and O–H groups in total. The molecule has 111 heavy (non-hydrogen) atoms. The number of Topliss-reactive ketones (excluding diaryl/α,β-unsaturated/α-hetero) is 7. The monoisotopic (exact) mass is 1880 g/mol. The van der Waals surface area contributed by atoms with Gasteiger partial charge < -0.3 is 244 Å². The molecule has 0 heterocycles. The molecular formula is C49H49O56V3Zn3-15. The number of carbonyl (C=O) groups is 28. The van der Waals surface area contributed by atoms with Gasteiger partial charge in [-0.2, -0.15) is 0 Å². The summed E-state index contributed by atoms with van der Waals surface area (Å²) in [6.45, 7) is 6.58. The molecule has 56 nitrogen and oxygen atoms in total. The second-order valence-electron chi connectivity index (χ2n) is 15.8. The SMILES string of the molecule is CC(=O)C(=O)[O-].CC(=O)C(=O)[O-].CC(=O)C(=O)[O-].CC(=O)C(=O)[O-].CC(=O)C(=O)[O-].CC(=O)C(=O)[O-].CC(=O)C(=O)[O-].O=C([O-])CC(O)C(=O)[O-].O=C([O-])CC(O)C(=O)[O-].O=C([O-])CC(O)C(=O)[O-].O=C([O-])CC(O)C(=O)[O-].O=C([O-])CC(O)C(=O)[O-].O=C([O-])CC(O)C(=O)[O-].O=C([O-])CC(O)C(=O)[O-].[V].[V].[V].[Zn+2].[Zn+2].[Zn+2]. The minimum absolute atomic E-state index is 0. The zero-order valence-corrected chi connectivity index (χ0v) is 69.7. The Kier molecular flexibility index (Phi) is 130. The van der Waals surface area contributed by atoms with Gasteiger partial charge in [0.1, 0.15) is 41.8 Å². The first-order chi connectivity index (χ1) is 46.8. The number of hydrogen-bond donors (Lipinski definition) is 7. The average molecular weight is 1880 g/mol. The molecule has 3 radical (unpaired) electrons. The third kappa shape index (κ3) is 175. The van der Waals surface area contributed by atoms with E-state index in [-0.39, 0.29) is 114 Å². The van der Waals surface area contributed by atoms with Crippen molar-refractivity contribution in [3.63, 3.8) is 0 Å². The molecule has 617 valence electrons. The third-order valence-corrected chi connectivity index (χ3v) is 6.44. The summed E-state index contributed by atoms with van der Waals surface area (Å²) in [4.78, 5) is 265. The summed E-state index contributed by atoms with van der Waals surface area (Å²) in [5.41, 5.74) is 0. The van der Waals surface area contributed by atoms with Crippen LogP contribution in [0.15, 0.2) is 0 Å². The van der Waals surface area contributed by atoms with Gasteiger partial charge in [-0.15, -0.1) is 0 Å². The molecule has 7 atom stereocenters. The Hall–Kier alpha value is -10.1. The molecule has 0 aromatic heterocycles. The van der Waals surface area contributed by atoms with Crippen LogP contribution in [0, 0.1) is 0 Å². The molecule has 0 aliphatic heterocycles. The molecular weight excluding hydrogens is 1830 g/mol. The first kappa shape index (κ1) is 154. The minimum Gasteiger partial charge on any atom is -0.550 e. The first-order valence-corrected chi connectivity index (χ1v) is 24.4. The van der Waals surface area contributed by atoms with Gasteiger partial charge in [0.15, 0.2) is 40.5 Å². The van der Waals surface area contributed by atoms with E-state index in [4.69, 9.17) is 35.7 Å². The number of carbonyl (C=O) groups excluding carboxylic acids is 28. The van der Waals surface area contributed by atoms with Gasteiger partial charge in [0.25, 0.3) is 0 Å². The number of carboxylic acids is 21. The quantitative estimate of drug-likeness (QED) is 0.0282. The third-order valence-electron chi connectivity index (χ3n) is 6.44. The second kappa shape index (κ2) is 94.1. The minimum atomic E-state index is -1.96. The molecule has 0 aromatic carbocycles. The summed E-state index contributed by atoms with van der Waals surface area (Å²) >= 11 is 0. The summed E-state index contributed by atoms with van der Waals surface area (Å²) < 4.78 is 0. The Bertz CT molecular complexity index is 2380. The summed E-state index contributed by atoms with van der Waals surface area (Å²) in [5, 5.41) is 256. The maximum Gasteiger partial charge on any atom is 2.00 e. The molecule has 0 rings (SSSR count). The van der Waals surface area contributed by atoms with Crippen LogP contribution in [-0.2, 0) is 248 Å². The summed E-state index contributed by atoms with van der Waals surface area (Å²) in [7, 11) is 0. The normalized spacial score (nSPS) is 9.96. The molecule has 0 aliphatic rings. The van der Waals surface area contributed by atoms with E-state index >= 15 is 0 Å². The zero-order valence-electron chi connectivity index (χ0n) is 56.6. The predicted molar refractivity (Wildman–Crippen MR) is 254 cm³/mol. The van der Waals surface area contributed by atoms with Crippen LogP contribution in [0.3, 0.4) is 0 Å². The second-order valence-corrected chi connectivity index (χ2v) is 15.8. The van der Waals surface area contributed by atoms with Crippen molar-refractivity contribution in [1.29, 1.82) is 0 Å². The molecule has 0 fully saturated rings. The fraction of sp³-hybridized carbons (Fsp3) is 0.429. The first-order valence-electron chi connectivity index (χ1n) is 24.4. The molecule has 0 aromatic rings. The largest absolute Gasteiger partial charge is 2.00 e. The van der Waals surface area contributed by atoms with Crippen LogP contribution in [0.4, 0.5) is 0 Å². The number of carboxylic acid groups (broad SMARTS) is 21. The van der Waals surface area contributed by atoms with Crippen molar-refractivity contribution in [2.75, 3.05) is 0 Å². The summed E-state index contributed by atoms with van der Waals surface area (Å²) in [6.07, 6.45) is -20.2. The maximum absolute atomic E-state index is 9.58. The maximum atomic E-state index is 9.58. The van der Waals surface area contributed by atoms with E-state index in [0.717, 1.165) is 48.5 Å². The van der Waals surface area contributed by atoms with E-state index in [0.29, 0.717) is 0 Å².